The van der Waals surface area contributed by atoms with Crippen molar-refractivity contribution in [1.29, 1.82) is 0 Å². The lowest BCUT2D eigenvalue weighted by molar-refractivity contribution is 0.0675. The number of halogens is 3. The molecular weight excluding hydrogens is 426 g/mol. The Bertz CT molecular complexity index is 1120. The molecule has 1 aliphatic carbocycles. The van der Waals surface area contributed by atoms with Gasteiger partial charge in [-0.05, 0) is 31.7 Å². The maximum absolute atomic E-state index is 13.7. The molecule has 7 nitrogen and oxygen atoms in total. The number of amides is 1. The van der Waals surface area contributed by atoms with Crippen LogP contribution in [0.2, 0.25) is 5.02 Å². The molecule has 2 aliphatic rings. The maximum Gasteiger partial charge on any atom is 0.280 e. The normalized spacial score (nSPS) is 19.9. The van der Waals surface area contributed by atoms with Crippen molar-refractivity contribution in [3.63, 3.8) is 0 Å². The van der Waals surface area contributed by atoms with Gasteiger partial charge in [-0.25, -0.2) is 18.3 Å². The summed E-state index contributed by atoms with van der Waals surface area (Å²) in [6.07, 6.45) is 5.68. The summed E-state index contributed by atoms with van der Waals surface area (Å²) >= 11 is 6.41. The van der Waals surface area contributed by atoms with E-state index >= 15 is 0 Å². The van der Waals surface area contributed by atoms with Gasteiger partial charge in [0.2, 0.25) is 0 Å². The van der Waals surface area contributed by atoms with E-state index in [2.05, 4.69) is 15.2 Å². The highest BCUT2D eigenvalue weighted by Crippen LogP contribution is 2.41. The molecule has 2 fully saturated rings. The molecular formula is C21H23ClF2N6O. The van der Waals surface area contributed by atoms with Crippen molar-refractivity contribution in [1.82, 2.24) is 29.3 Å². The van der Waals surface area contributed by atoms with E-state index in [1.54, 1.807) is 15.8 Å². The third-order valence-electron chi connectivity index (χ3n) is 6.24. The number of hydrogen-bond donors (Lipinski definition) is 0. The summed E-state index contributed by atoms with van der Waals surface area (Å²) in [5.41, 5.74) is 1.61. The lowest BCUT2D eigenvalue weighted by Crippen LogP contribution is -2.36. The molecule has 164 valence electrons. The zero-order valence-electron chi connectivity index (χ0n) is 17.1. The van der Waals surface area contributed by atoms with E-state index in [1.807, 2.05) is 7.05 Å². The molecule has 4 heterocycles. The minimum Gasteiger partial charge on any atom is -0.330 e. The zero-order valence-corrected chi connectivity index (χ0v) is 17.9. The van der Waals surface area contributed by atoms with Crippen LogP contribution in [0, 0.1) is 0 Å². The first kappa shape index (κ1) is 20.4. The molecule has 0 bridgehead atoms. The van der Waals surface area contributed by atoms with Crippen LogP contribution in [-0.4, -0.2) is 41.7 Å². The summed E-state index contributed by atoms with van der Waals surface area (Å²) in [7, 11) is 1.81. The van der Waals surface area contributed by atoms with Crippen LogP contribution < -0.4 is 0 Å². The number of aryl methyl sites for hydroxylation is 1. The van der Waals surface area contributed by atoms with Gasteiger partial charge in [0.15, 0.2) is 5.65 Å². The van der Waals surface area contributed by atoms with Gasteiger partial charge in [-0.2, -0.15) is 10.2 Å². The van der Waals surface area contributed by atoms with Gasteiger partial charge in [-0.3, -0.25) is 9.48 Å². The topological polar surface area (TPSA) is 68.3 Å². The lowest BCUT2D eigenvalue weighted by Gasteiger charge is -2.30. The molecule has 0 spiro atoms. The second kappa shape index (κ2) is 7.85. The lowest BCUT2D eigenvalue weighted by atomic mass is 10.1. The number of likely N-dealkylation sites (tertiary alicyclic amines) is 1. The maximum atomic E-state index is 13.7. The Kier molecular flexibility index (Phi) is 5.16. The van der Waals surface area contributed by atoms with Gasteiger partial charge in [-0.1, -0.05) is 24.4 Å². The van der Waals surface area contributed by atoms with E-state index in [0.29, 0.717) is 17.3 Å². The quantitative estimate of drug-likeness (QED) is 0.580. The molecule has 0 N–H and O–H groups in total. The highest BCUT2D eigenvalue weighted by molar-refractivity contribution is 6.31. The van der Waals surface area contributed by atoms with Crippen LogP contribution in [0.5, 0.6) is 0 Å². The van der Waals surface area contributed by atoms with Gasteiger partial charge >= 0.3 is 0 Å². The second-order valence-electron chi connectivity index (χ2n) is 8.34. The van der Waals surface area contributed by atoms with Gasteiger partial charge in [0.05, 0.1) is 29.2 Å². The van der Waals surface area contributed by atoms with Crippen molar-refractivity contribution < 1.29 is 13.6 Å². The summed E-state index contributed by atoms with van der Waals surface area (Å²) in [5, 5.41) is 8.85. The summed E-state index contributed by atoms with van der Waals surface area (Å²) in [4.78, 5) is 20.1. The highest BCUT2D eigenvalue weighted by atomic mass is 35.5. The Hall–Kier alpha value is -2.55. The Balaban J connectivity index is 1.59. The Morgan fingerprint density at radius 3 is 2.65 bits per heavy atom. The third kappa shape index (κ3) is 3.58. The van der Waals surface area contributed by atoms with Crippen LogP contribution in [-0.2, 0) is 7.05 Å². The number of aromatic nitrogens is 5. The van der Waals surface area contributed by atoms with Gasteiger partial charge in [0, 0.05) is 25.2 Å². The van der Waals surface area contributed by atoms with Gasteiger partial charge in [-0.15, -0.1) is 0 Å². The zero-order chi connectivity index (χ0) is 21.7. The van der Waals surface area contributed by atoms with Crippen molar-refractivity contribution in [2.45, 2.75) is 56.9 Å². The molecule has 3 aromatic heterocycles. The molecule has 1 amide bonds. The summed E-state index contributed by atoms with van der Waals surface area (Å²) in [6, 6.07) is 1.17. The summed E-state index contributed by atoms with van der Waals surface area (Å²) < 4.78 is 30.2. The number of rotatable bonds is 4. The Labute approximate surface area is 183 Å². The van der Waals surface area contributed by atoms with Crippen LogP contribution >= 0.6 is 11.6 Å². The first-order valence-corrected chi connectivity index (χ1v) is 11.0. The molecule has 31 heavy (non-hydrogen) atoms. The minimum absolute atomic E-state index is 0.180. The monoisotopic (exact) mass is 448 g/mol. The number of fused-ring (bicyclic) bond motifs is 1. The molecule has 0 radical (unpaired) electrons. The molecule has 0 unspecified atom stereocenters. The van der Waals surface area contributed by atoms with E-state index in [1.165, 1.54) is 12.3 Å². The molecule has 0 aromatic carbocycles. The molecule has 3 aromatic rings. The average molecular weight is 449 g/mol. The molecule has 1 saturated heterocycles. The van der Waals surface area contributed by atoms with E-state index in [0.717, 1.165) is 48.7 Å². The second-order valence-corrected chi connectivity index (χ2v) is 8.75. The molecule has 1 atom stereocenters. The molecule has 10 heteroatoms. The van der Waals surface area contributed by atoms with Gasteiger partial charge in [0.25, 0.3) is 12.3 Å². The predicted molar refractivity (Wildman–Crippen MR) is 110 cm³/mol. The van der Waals surface area contributed by atoms with Gasteiger partial charge < -0.3 is 4.90 Å². The number of carbonyl (C=O) groups is 1. The highest BCUT2D eigenvalue weighted by Gasteiger charge is 2.34. The number of alkyl halides is 2. The standard InChI is InChI=1S/C21H23ClF2N6O/c1-28-18(14(22)11-25-28)16-5-3-2-4-8-29(16)21(31)13-10-26-30-17(19(23)24)9-15(12-6-7-12)27-20(13)30/h9-12,16,19H,2-8H2,1H3/t16-/m1/s1. The SMILES string of the molecule is Cn1ncc(Cl)c1[C@H]1CCCCCN1C(=O)c1cnn2c(C(F)F)cc(C3CC3)nc12. The van der Waals surface area contributed by atoms with Gasteiger partial charge in [0.1, 0.15) is 11.3 Å². The number of hydrogen-bond acceptors (Lipinski definition) is 4. The molecule has 1 saturated carbocycles. The van der Waals surface area contributed by atoms with Crippen molar-refractivity contribution in [2.75, 3.05) is 6.54 Å². The fourth-order valence-corrected chi connectivity index (χ4v) is 4.78. The minimum atomic E-state index is -2.70. The molecule has 1 aliphatic heterocycles. The fourth-order valence-electron chi connectivity index (χ4n) is 4.49. The van der Waals surface area contributed by atoms with Crippen LogP contribution in [0.25, 0.3) is 5.65 Å². The van der Waals surface area contributed by atoms with Crippen molar-refractivity contribution in [2.24, 2.45) is 7.05 Å². The van der Waals surface area contributed by atoms with E-state index in [9.17, 15) is 13.6 Å². The van der Waals surface area contributed by atoms with Crippen molar-refractivity contribution in [3.05, 3.63) is 46.1 Å². The average Bonchev–Trinajstić information content (AvgIpc) is 3.48. The first-order valence-electron chi connectivity index (χ1n) is 10.6. The van der Waals surface area contributed by atoms with E-state index in [-0.39, 0.29) is 34.8 Å². The van der Waals surface area contributed by atoms with Crippen LogP contribution in [0.1, 0.15) is 84.3 Å². The van der Waals surface area contributed by atoms with E-state index < -0.39 is 6.43 Å². The van der Waals surface area contributed by atoms with Crippen molar-refractivity contribution >= 4 is 23.2 Å². The van der Waals surface area contributed by atoms with Crippen LogP contribution in [0.3, 0.4) is 0 Å². The smallest absolute Gasteiger partial charge is 0.280 e. The summed E-state index contributed by atoms with van der Waals surface area (Å²) in [5.74, 6) is -0.0839. The number of nitrogens with zero attached hydrogens (tertiary/aromatic N) is 6. The van der Waals surface area contributed by atoms with Crippen LogP contribution in [0.4, 0.5) is 8.78 Å². The largest absolute Gasteiger partial charge is 0.330 e. The Morgan fingerprint density at radius 1 is 1.16 bits per heavy atom. The fraction of sp³-hybridized carbons (Fsp3) is 0.524. The van der Waals surface area contributed by atoms with Crippen molar-refractivity contribution in [3.8, 4) is 0 Å². The number of carbonyl (C=O) groups excluding carboxylic acids is 1. The van der Waals surface area contributed by atoms with E-state index in [4.69, 9.17) is 11.6 Å². The molecule has 5 rings (SSSR count). The Morgan fingerprint density at radius 2 is 1.97 bits per heavy atom. The third-order valence-corrected chi connectivity index (χ3v) is 6.53. The predicted octanol–water partition coefficient (Wildman–Crippen LogP) is 4.69. The first-order chi connectivity index (χ1) is 15.0. The summed E-state index contributed by atoms with van der Waals surface area (Å²) in [6.45, 7) is 0.548. The van der Waals surface area contributed by atoms with Crippen LogP contribution in [0.15, 0.2) is 18.5 Å².